The fourth-order valence-corrected chi connectivity index (χ4v) is 3.43. The number of benzene rings is 3. The molecule has 10 heteroatoms. The molecule has 0 aliphatic heterocycles. The zero-order valence-corrected chi connectivity index (χ0v) is 19.2. The van der Waals surface area contributed by atoms with Crippen molar-refractivity contribution in [3.05, 3.63) is 84.9 Å². The molecule has 3 heterocycles. The summed E-state index contributed by atoms with van der Waals surface area (Å²) in [6, 6.07) is 23.1. The van der Waals surface area contributed by atoms with Crippen LogP contribution in [0.25, 0.3) is 32.7 Å². The molecular weight excluding hydrogens is 476 g/mol. The monoisotopic (exact) mass is 498 g/mol. The number of nitrogens with two attached hydrogens (primary N) is 1. The Labute approximate surface area is 209 Å². The summed E-state index contributed by atoms with van der Waals surface area (Å²) in [4.78, 5) is 11.3. The molecule has 0 amide bonds. The summed E-state index contributed by atoms with van der Waals surface area (Å²) in [5.41, 5.74) is 6.86. The topological polar surface area (TPSA) is 186 Å². The number of nitrogen functional groups attached to an aromatic ring is 1. The van der Waals surface area contributed by atoms with E-state index < -0.39 is 0 Å². The zero-order valence-electron chi connectivity index (χ0n) is 19.2. The van der Waals surface area contributed by atoms with Crippen LogP contribution in [0, 0.1) is 0 Å². The molecule has 0 atom stereocenters. The van der Waals surface area contributed by atoms with Crippen LogP contribution in [-0.2, 0) is 0 Å². The van der Waals surface area contributed by atoms with Crippen LogP contribution in [0.4, 0.5) is 5.69 Å². The van der Waals surface area contributed by atoms with E-state index in [2.05, 4.69) is 15.0 Å². The largest absolute Gasteiger partial charge is 0.506 e. The van der Waals surface area contributed by atoms with Gasteiger partial charge in [0.1, 0.15) is 33.8 Å². The SMILES string of the molecule is Nc1cc2cccc(O)c2nc1O.Oc1ccc2cccc(O)c2n1.Oc1ccc2cccc(O)c2n1. The third-order valence-electron chi connectivity index (χ3n) is 5.20. The van der Waals surface area contributed by atoms with E-state index in [1.54, 1.807) is 42.5 Å². The lowest BCUT2D eigenvalue weighted by molar-refractivity contribution is 0.451. The van der Waals surface area contributed by atoms with Crippen molar-refractivity contribution in [3.8, 4) is 34.9 Å². The number of fused-ring (bicyclic) bond motifs is 3. The van der Waals surface area contributed by atoms with Crippen molar-refractivity contribution in [2.24, 2.45) is 0 Å². The van der Waals surface area contributed by atoms with Crippen molar-refractivity contribution in [2.45, 2.75) is 0 Å². The second kappa shape index (κ2) is 10.4. The smallest absolute Gasteiger partial charge is 0.235 e. The molecule has 0 aliphatic carbocycles. The Morgan fingerprint density at radius 1 is 0.459 bits per heavy atom. The van der Waals surface area contributed by atoms with Gasteiger partial charge in [0, 0.05) is 28.3 Å². The summed E-state index contributed by atoms with van der Waals surface area (Å²) >= 11 is 0. The number of aromatic nitrogens is 3. The van der Waals surface area contributed by atoms with Gasteiger partial charge in [-0.2, -0.15) is 0 Å². The van der Waals surface area contributed by atoms with Crippen molar-refractivity contribution in [1.29, 1.82) is 0 Å². The number of aromatic hydroxyl groups is 6. The van der Waals surface area contributed by atoms with Gasteiger partial charge in [0.25, 0.3) is 0 Å². The molecule has 0 unspecified atom stereocenters. The van der Waals surface area contributed by atoms with E-state index in [1.807, 2.05) is 12.1 Å². The first-order valence-corrected chi connectivity index (χ1v) is 10.9. The van der Waals surface area contributed by atoms with Gasteiger partial charge in [-0.3, -0.25) is 0 Å². The Hall–Kier alpha value is -5.51. The number of para-hydroxylation sites is 3. The fraction of sp³-hybridized carbons (Fsp3) is 0. The molecule has 0 aliphatic rings. The first kappa shape index (κ1) is 24.6. The number of hydrogen-bond donors (Lipinski definition) is 7. The molecule has 0 fully saturated rings. The fourth-order valence-electron chi connectivity index (χ4n) is 3.43. The van der Waals surface area contributed by atoms with Crippen LogP contribution < -0.4 is 5.73 Å². The normalized spacial score (nSPS) is 10.4. The minimum absolute atomic E-state index is 0.0350. The number of nitrogens with zero attached hydrogens (tertiary/aromatic N) is 3. The van der Waals surface area contributed by atoms with Crippen LogP contribution >= 0.6 is 0 Å². The van der Waals surface area contributed by atoms with Crippen LogP contribution in [-0.4, -0.2) is 45.6 Å². The van der Waals surface area contributed by atoms with E-state index in [9.17, 15) is 20.4 Å². The summed E-state index contributed by atoms with van der Waals surface area (Å²) in [7, 11) is 0. The highest BCUT2D eigenvalue weighted by Crippen LogP contribution is 2.28. The van der Waals surface area contributed by atoms with E-state index in [4.69, 9.17) is 15.9 Å². The molecule has 3 aromatic heterocycles. The summed E-state index contributed by atoms with van der Waals surface area (Å²) in [6.45, 7) is 0. The number of pyridine rings is 3. The van der Waals surface area contributed by atoms with E-state index in [0.29, 0.717) is 21.9 Å². The molecule has 6 rings (SSSR count). The summed E-state index contributed by atoms with van der Waals surface area (Å²) in [6.07, 6.45) is 0. The summed E-state index contributed by atoms with van der Waals surface area (Å²) in [5.74, 6) is -0.207. The quantitative estimate of drug-likeness (QED) is 0.157. The highest BCUT2D eigenvalue weighted by molar-refractivity contribution is 5.88. The second-order valence-electron chi connectivity index (χ2n) is 7.79. The van der Waals surface area contributed by atoms with Gasteiger partial charge in [0.05, 0.1) is 5.69 Å². The predicted molar refractivity (Wildman–Crippen MR) is 140 cm³/mol. The summed E-state index contributed by atoms with van der Waals surface area (Å²) < 4.78 is 0. The molecule has 0 spiro atoms. The molecule has 186 valence electrons. The van der Waals surface area contributed by atoms with Crippen molar-refractivity contribution in [2.75, 3.05) is 5.73 Å². The van der Waals surface area contributed by atoms with Crippen molar-refractivity contribution in [1.82, 2.24) is 15.0 Å². The third kappa shape index (κ3) is 5.60. The lowest BCUT2D eigenvalue weighted by atomic mass is 10.2. The first-order valence-electron chi connectivity index (χ1n) is 10.9. The molecule has 8 N–H and O–H groups in total. The standard InChI is InChI=1S/C9H8N2O2.2C9H7NO2/c10-6-4-5-2-1-3-7(12)8(5)11-9(6)13;2*11-7-3-1-2-6-4-5-8(12)10-9(6)7/h1-4,12H,10H2,(H,11,13);2*1-5,11H,(H,10,12). The van der Waals surface area contributed by atoms with Crippen molar-refractivity contribution >= 4 is 38.4 Å². The number of phenolic OH excluding ortho intramolecular Hbond substituents is 3. The first-order chi connectivity index (χ1) is 17.7. The predicted octanol–water partition coefficient (Wildman–Crippen LogP) is 4.52. The molecule has 3 aromatic carbocycles. The Kier molecular flexibility index (Phi) is 6.92. The van der Waals surface area contributed by atoms with Gasteiger partial charge < -0.3 is 36.4 Å². The number of rotatable bonds is 0. The van der Waals surface area contributed by atoms with E-state index in [1.165, 1.54) is 30.3 Å². The van der Waals surface area contributed by atoms with Crippen LogP contribution in [0.1, 0.15) is 0 Å². The van der Waals surface area contributed by atoms with E-state index >= 15 is 0 Å². The molecule has 10 nitrogen and oxygen atoms in total. The van der Waals surface area contributed by atoms with Crippen LogP contribution in [0.3, 0.4) is 0 Å². The molecular formula is C27H22N4O6. The maximum atomic E-state index is 9.37. The second-order valence-corrected chi connectivity index (χ2v) is 7.79. The molecule has 0 bridgehead atoms. The average Bonchev–Trinajstić information content (AvgIpc) is 2.87. The van der Waals surface area contributed by atoms with E-state index in [0.717, 1.165) is 10.8 Å². The van der Waals surface area contributed by atoms with Crippen molar-refractivity contribution < 1.29 is 30.6 Å². The minimum Gasteiger partial charge on any atom is -0.506 e. The van der Waals surface area contributed by atoms with Gasteiger partial charge in [-0.25, -0.2) is 15.0 Å². The van der Waals surface area contributed by atoms with Gasteiger partial charge in [0.15, 0.2) is 0 Å². The number of hydrogen-bond acceptors (Lipinski definition) is 10. The molecule has 0 saturated heterocycles. The van der Waals surface area contributed by atoms with Gasteiger partial charge >= 0.3 is 0 Å². The Morgan fingerprint density at radius 3 is 1.32 bits per heavy atom. The third-order valence-corrected chi connectivity index (χ3v) is 5.20. The van der Waals surface area contributed by atoms with Gasteiger partial charge in [0.2, 0.25) is 17.6 Å². The zero-order chi connectivity index (χ0) is 26.5. The number of anilines is 1. The Morgan fingerprint density at radius 2 is 0.865 bits per heavy atom. The van der Waals surface area contributed by atoms with Crippen LogP contribution in [0.5, 0.6) is 34.9 Å². The highest BCUT2D eigenvalue weighted by atomic mass is 16.3. The lowest BCUT2D eigenvalue weighted by Gasteiger charge is -2.02. The maximum absolute atomic E-state index is 9.37. The molecule has 0 radical (unpaired) electrons. The maximum Gasteiger partial charge on any atom is 0.235 e. The molecule has 37 heavy (non-hydrogen) atoms. The Balaban J connectivity index is 0.000000130. The highest BCUT2D eigenvalue weighted by Gasteiger charge is 2.05. The molecule has 6 aromatic rings. The molecule has 0 saturated carbocycles. The van der Waals surface area contributed by atoms with Gasteiger partial charge in [-0.15, -0.1) is 0 Å². The van der Waals surface area contributed by atoms with E-state index in [-0.39, 0.29) is 40.6 Å². The minimum atomic E-state index is -0.256. The van der Waals surface area contributed by atoms with Crippen LogP contribution in [0.15, 0.2) is 84.9 Å². The van der Waals surface area contributed by atoms with Crippen molar-refractivity contribution in [3.63, 3.8) is 0 Å². The number of phenols is 3. The van der Waals surface area contributed by atoms with Crippen LogP contribution in [0.2, 0.25) is 0 Å². The lowest BCUT2D eigenvalue weighted by Crippen LogP contribution is -1.89. The van der Waals surface area contributed by atoms with Gasteiger partial charge in [-0.1, -0.05) is 36.4 Å². The summed E-state index contributed by atoms with van der Waals surface area (Å²) in [5, 5.41) is 57.6. The Bertz CT molecular complexity index is 1640. The average molecular weight is 498 g/mol. The van der Waals surface area contributed by atoms with Gasteiger partial charge in [-0.05, 0) is 36.4 Å².